The van der Waals surface area contributed by atoms with Gasteiger partial charge in [-0.1, -0.05) is 70.1 Å². The van der Waals surface area contributed by atoms with Crippen LogP contribution in [-0.2, 0) is 4.74 Å². The summed E-state index contributed by atoms with van der Waals surface area (Å²) in [5.74, 6) is 0.556. The molecule has 0 bridgehead atoms. The van der Waals surface area contributed by atoms with Gasteiger partial charge in [-0.15, -0.1) is 0 Å². The van der Waals surface area contributed by atoms with Crippen LogP contribution in [0.3, 0.4) is 0 Å². The van der Waals surface area contributed by atoms with Crippen molar-refractivity contribution >= 4 is 17.2 Å². The van der Waals surface area contributed by atoms with Gasteiger partial charge in [0, 0.05) is 47.2 Å². The van der Waals surface area contributed by atoms with Crippen LogP contribution in [0.5, 0.6) is 5.75 Å². The number of fused-ring (bicyclic) bond motifs is 2. The Bertz CT molecular complexity index is 1300. The predicted octanol–water partition coefficient (Wildman–Crippen LogP) is 8.74. The lowest BCUT2D eigenvalue weighted by molar-refractivity contribution is 0.0497. The molecule has 0 spiro atoms. The zero-order valence-electron chi connectivity index (χ0n) is 25.7. The van der Waals surface area contributed by atoms with Gasteiger partial charge < -0.3 is 20.1 Å². The van der Waals surface area contributed by atoms with E-state index in [1.807, 2.05) is 24.3 Å². The Balaban J connectivity index is 1.63. The minimum Gasteiger partial charge on any atom is -0.481 e. The third-order valence-electron chi connectivity index (χ3n) is 7.94. The standard InChI is InChI=1S/C36H48N2O3/c1-6-9-10-11-12-13-14-17-20-40-36(39)28-19-16-15-18-27(28)35-29-21-25(4)31(37-7-2)23-33(29)41-34-24-32(38-8-3)26(5)22-30(34)35/h15-16,18-19,21-24,33,37-38H,6-14,17,20H2,1-5H3. The molecule has 5 heteroatoms. The Morgan fingerprint density at radius 2 is 1.59 bits per heavy atom. The molecule has 2 aromatic rings. The van der Waals surface area contributed by atoms with Crippen molar-refractivity contribution in [2.45, 2.75) is 92.1 Å². The summed E-state index contributed by atoms with van der Waals surface area (Å²) < 4.78 is 12.4. The van der Waals surface area contributed by atoms with Crippen molar-refractivity contribution in [2.75, 3.05) is 25.0 Å². The van der Waals surface area contributed by atoms with Crippen LogP contribution in [0.15, 0.2) is 65.4 Å². The molecule has 0 saturated carbocycles. The van der Waals surface area contributed by atoms with Gasteiger partial charge in [-0.25, -0.2) is 4.79 Å². The summed E-state index contributed by atoms with van der Waals surface area (Å²) in [4.78, 5) is 13.5. The van der Waals surface area contributed by atoms with E-state index in [1.165, 1.54) is 38.5 Å². The number of anilines is 1. The molecule has 0 aromatic heterocycles. The zero-order chi connectivity index (χ0) is 29.2. The van der Waals surface area contributed by atoms with Gasteiger partial charge in [0.05, 0.1) is 12.2 Å². The van der Waals surface area contributed by atoms with Gasteiger partial charge in [-0.2, -0.15) is 0 Å². The van der Waals surface area contributed by atoms with Crippen LogP contribution in [0, 0.1) is 6.92 Å². The number of likely N-dealkylation sites (N-methyl/N-ethyl adjacent to an activating group) is 1. The van der Waals surface area contributed by atoms with Crippen molar-refractivity contribution < 1.29 is 14.3 Å². The highest BCUT2D eigenvalue weighted by Crippen LogP contribution is 2.45. The number of hydrogen-bond donors (Lipinski definition) is 2. The maximum atomic E-state index is 13.5. The maximum Gasteiger partial charge on any atom is 0.338 e. The molecule has 1 aliphatic heterocycles. The third kappa shape index (κ3) is 7.44. The van der Waals surface area contributed by atoms with Gasteiger partial charge in [0.15, 0.2) is 0 Å². The lowest BCUT2D eigenvalue weighted by Gasteiger charge is -2.33. The predicted molar refractivity (Wildman–Crippen MR) is 171 cm³/mol. The van der Waals surface area contributed by atoms with Crippen molar-refractivity contribution in [1.82, 2.24) is 5.32 Å². The first-order valence-electron chi connectivity index (χ1n) is 15.7. The average Bonchev–Trinajstić information content (AvgIpc) is 2.96. The second kappa shape index (κ2) is 15.0. The van der Waals surface area contributed by atoms with Crippen molar-refractivity contribution in [3.63, 3.8) is 0 Å². The Hall–Kier alpha value is -3.47. The van der Waals surface area contributed by atoms with Crippen LogP contribution < -0.4 is 15.4 Å². The molecule has 0 amide bonds. The molecule has 4 rings (SSSR count). The number of carbonyl (C=O) groups is 1. The van der Waals surface area contributed by atoms with E-state index in [2.05, 4.69) is 69.5 Å². The number of carbonyl (C=O) groups excluding carboxylic acids is 1. The first kappa shape index (κ1) is 30.5. The summed E-state index contributed by atoms with van der Waals surface area (Å²) in [6.07, 6.45) is 13.8. The highest BCUT2D eigenvalue weighted by molar-refractivity contribution is 6.01. The van der Waals surface area contributed by atoms with Crippen molar-refractivity contribution in [3.05, 3.63) is 87.6 Å². The monoisotopic (exact) mass is 556 g/mol. The van der Waals surface area contributed by atoms with Gasteiger partial charge in [0.25, 0.3) is 0 Å². The molecular weight excluding hydrogens is 508 g/mol. The van der Waals surface area contributed by atoms with E-state index in [-0.39, 0.29) is 12.1 Å². The van der Waals surface area contributed by atoms with Gasteiger partial charge in [0.2, 0.25) is 0 Å². The molecule has 0 radical (unpaired) electrons. The molecule has 1 unspecified atom stereocenters. The van der Waals surface area contributed by atoms with E-state index in [4.69, 9.17) is 9.47 Å². The van der Waals surface area contributed by atoms with Crippen LogP contribution in [0.1, 0.15) is 106 Å². The third-order valence-corrected chi connectivity index (χ3v) is 7.94. The van der Waals surface area contributed by atoms with Crippen LogP contribution in [-0.4, -0.2) is 31.8 Å². The summed E-state index contributed by atoms with van der Waals surface area (Å²) in [7, 11) is 0. The number of unbranched alkanes of at least 4 members (excludes halogenated alkanes) is 7. The molecule has 1 heterocycles. The number of rotatable bonds is 15. The Labute approximate surface area is 247 Å². The van der Waals surface area contributed by atoms with E-state index >= 15 is 0 Å². The number of allylic oxidation sites excluding steroid dienone is 1. The van der Waals surface area contributed by atoms with E-state index in [1.54, 1.807) is 0 Å². The highest BCUT2D eigenvalue weighted by atomic mass is 16.5. The fourth-order valence-corrected chi connectivity index (χ4v) is 5.78. The summed E-state index contributed by atoms with van der Waals surface area (Å²) >= 11 is 0. The molecular formula is C36H48N2O3. The summed E-state index contributed by atoms with van der Waals surface area (Å²) in [5.41, 5.74) is 9.03. The molecule has 5 nitrogen and oxygen atoms in total. The maximum absolute atomic E-state index is 13.5. The minimum absolute atomic E-state index is 0.256. The molecule has 2 N–H and O–H groups in total. The van der Waals surface area contributed by atoms with Crippen molar-refractivity contribution in [2.24, 2.45) is 0 Å². The number of esters is 1. The van der Waals surface area contributed by atoms with E-state index < -0.39 is 0 Å². The van der Waals surface area contributed by atoms with E-state index in [0.29, 0.717) is 12.2 Å². The van der Waals surface area contributed by atoms with Crippen molar-refractivity contribution in [3.8, 4) is 5.75 Å². The van der Waals surface area contributed by atoms with Gasteiger partial charge >= 0.3 is 5.97 Å². The summed E-state index contributed by atoms with van der Waals surface area (Å²) in [6.45, 7) is 12.8. The van der Waals surface area contributed by atoms with E-state index in [0.717, 1.165) is 76.5 Å². The summed E-state index contributed by atoms with van der Waals surface area (Å²) in [6, 6.07) is 12.1. The first-order valence-corrected chi connectivity index (χ1v) is 15.7. The minimum atomic E-state index is -0.261. The molecule has 2 aliphatic rings. The Kier molecular flexibility index (Phi) is 11.1. The second-order valence-corrected chi connectivity index (χ2v) is 11.2. The van der Waals surface area contributed by atoms with Crippen molar-refractivity contribution in [1.29, 1.82) is 0 Å². The fourth-order valence-electron chi connectivity index (χ4n) is 5.78. The lowest BCUT2D eigenvalue weighted by atomic mass is 9.82. The lowest BCUT2D eigenvalue weighted by Crippen LogP contribution is -2.29. The number of benzene rings is 2. The molecule has 0 fully saturated rings. The van der Waals surface area contributed by atoms with Gasteiger partial charge in [0.1, 0.15) is 11.9 Å². The second-order valence-electron chi connectivity index (χ2n) is 11.2. The quantitative estimate of drug-likeness (QED) is 0.170. The topological polar surface area (TPSA) is 59.6 Å². The van der Waals surface area contributed by atoms with Crippen LogP contribution in [0.2, 0.25) is 0 Å². The fraction of sp³-hybridized carbons (Fsp3) is 0.472. The Morgan fingerprint density at radius 3 is 2.32 bits per heavy atom. The molecule has 0 saturated heterocycles. The Morgan fingerprint density at radius 1 is 0.878 bits per heavy atom. The normalized spacial score (nSPS) is 15.8. The largest absolute Gasteiger partial charge is 0.481 e. The zero-order valence-corrected chi connectivity index (χ0v) is 25.7. The van der Waals surface area contributed by atoms with Gasteiger partial charge in [-0.05, 0) is 75.1 Å². The molecule has 2 aromatic carbocycles. The number of nitrogens with one attached hydrogen (secondary N) is 2. The van der Waals surface area contributed by atoms with Crippen LogP contribution in [0.25, 0.3) is 5.57 Å². The van der Waals surface area contributed by atoms with Crippen LogP contribution in [0.4, 0.5) is 5.69 Å². The first-order chi connectivity index (χ1) is 20.0. The summed E-state index contributed by atoms with van der Waals surface area (Å²) in [5, 5.41) is 6.93. The highest BCUT2D eigenvalue weighted by Gasteiger charge is 2.32. The SMILES string of the molecule is CCCCCCCCCCOC(=O)c1ccccc1C1=C2C=C(C)C(NCC)=CC2Oc2cc(NCC)c(C)cc21. The smallest absolute Gasteiger partial charge is 0.338 e. The van der Waals surface area contributed by atoms with Crippen LogP contribution >= 0.6 is 0 Å². The molecule has 220 valence electrons. The number of aryl methyl sites for hydroxylation is 1. The number of ether oxygens (including phenoxy) is 2. The average molecular weight is 557 g/mol. The molecule has 1 aliphatic carbocycles. The van der Waals surface area contributed by atoms with E-state index in [9.17, 15) is 4.79 Å². The number of hydrogen-bond acceptors (Lipinski definition) is 5. The molecule has 41 heavy (non-hydrogen) atoms. The molecule has 1 atom stereocenters. The van der Waals surface area contributed by atoms with Gasteiger partial charge in [-0.3, -0.25) is 0 Å².